The molecule has 148 valence electrons. The molecule has 3 atom stereocenters. The SMILES string of the molecule is N#Cc1c(CC(=O)NCC2C(F)CC(C#N)C[N+]2=O)c(=O)[nH]c2ccc(F)cc12. The number of H-pyrrole nitrogens is 1. The van der Waals surface area contributed by atoms with Crippen LogP contribution in [-0.4, -0.2) is 41.0 Å². The van der Waals surface area contributed by atoms with E-state index in [0.29, 0.717) is 4.76 Å². The molecule has 1 aliphatic rings. The first kappa shape index (κ1) is 20.1. The molecule has 0 saturated carbocycles. The Bertz CT molecular complexity index is 1130. The van der Waals surface area contributed by atoms with E-state index in [0.717, 1.165) is 12.1 Å². The number of aromatic nitrogens is 1. The molecular weight excluding hydrogens is 384 g/mol. The number of carbonyl (C=O) groups excluding carboxylic acids is 1. The number of nitrogens with zero attached hydrogens (tertiary/aromatic N) is 3. The quantitative estimate of drug-likeness (QED) is 0.746. The van der Waals surface area contributed by atoms with Crippen LogP contribution in [0.25, 0.3) is 10.9 Å². The summed E-state index contributed by atoms with van der Waals surface area (Å²) >= 11 is 0. The first-order valence-electron chi connectivity index (χ1n) is 8.82. The molecule has 3 unspecified atom stereocenters. The second-order valence-electron chi connectivity index (χ2n) is 6.83. The number of amides is 1. The van der Waals surface area contributed by atoms with Crippen LogP contribution in [0.1, 0.15) is 17.5 Å². The number of hydrogen-bond donors (Lipinski definition) is 2. The molecule has 0 bridgehead atoms. The number of halogens is 2. The van der Waals surface area contributed by atoms with Crippen LogP contribution < -0.4 is 10.9 Å². The van der Waals surface area contributed by atoms with E-state index in [-0.39, 0.29) is 41.5 Å². The number of carbonyl (C=O) groups is 1. The molecule has 2 heterocycles. The summed E-state index contributed by atoms with van der Waals surface area (Å²) in [7, 11) is 0. The molecule has 1 saturated heterocycles. The number of aromatic amines is 1. The maximum absolute atomic E-state index is 14.1. The zero-order valence-electron chi connectivity index (χ0n) is 15.1. The molecule has 8 nitrogen and oxygen atoms in total. The summed E-state index contributed by atoms with van der Waals surface area (Å²) in [6.07, 6.45) is -2.16. The second-order valence-corrected chi connectivity index (χ2v) is 6.83. The van der Waals surface area contributed by atoms with Crippen LogP contribution in [0, 0.1) is 39.3 Å². The Morgan fingerprint density at radius 3 is 2.79 bits per heavy atom. The average Bonchev–Trinajstić information content (AvgIpc) is 2.68. The van der Waals surface area contributed by atoms with Crippen LogP contribution in [0.3, 0.4) is 0 Å². The van der Waals surface area contributed by atoms with Crippen molar-refractivity contribution in [1.29, 1.82) is 10.5 Å². The Morgan fingerprint density at radius 1 is 1.38 bits per heavy atom. The minimum atomic E-state index is -1.58. The third-order valence-electron chi connectivity index (χ3n) is 4.91. The van der Waals surface area contributed by atoms with Crippen molar-refractivity contribution in [3.8, 4) is 12.1 Å². The van der Waals surface area contributed by atoms with Gasteiger partial charge in [-0.3, -0.25) is 9.59 Å². The molecule has 0 aliphatic carbocycles. The van der Waals surface area contributed by atoms with E-state index < -0.39 is 41.8 Å². The maximum Gasteiger partial charge on any atom is 0.253 e. The molecule has 3 rings (SSSR count). The second kappa shape index (κ2) is 8.15. The summed E-state index contributed by atoms with van der Waals surface area (Å²) in [4.78, 5) is 39.0. The van der Waals surface area contributed by atoms with E-state index in [1.807, 2.05) is 12.1 Å². The van der Waals surface area contributed by atoms with E-state index in [1.165, 1.54) is 6.07 Å². The number of rotatable bonds is 4. The fraction of sp³-hybridized carbons (Fsp3) is 0.368. The lowest BCUT2D eigenvalue weighted by Crippen LogP contribution is -2.49. The largest absolute Gasteiger partial charge is 0.349 e. The van der Waals surface area contributed by atoms with Crippen LogP contribution in [0.5, 0.6) is 0 Å². The molecule has 1 aromatic carbocycles. The summed E-state index contributed by atoms with van der Waals surface area (Å²) in [5, 5.41) is 20.8. The lowest BCUT2D eigenvalue weighted by molar-refractivity contribution is -0.605. The van der Waals surface area contributed by atoms with Gasteiger partial charge in [-0.25, -0.2) is 8.78 Å². The normalized spacial score (nSPS) is 21.4. The van der Waals surface area contributed by atoms with E-state index in [1.54, 1.807) is 0 Å². The van der Waals surface area contributed by atoms with E-state index in [2.05, 4.69) is 10.3 Å². The zero-order chi connectivity index (χ0) is 21.1. The Labute approximate surface area is 163 Å². The number of nitriles is 2. The molecule has 0 radical (unpaired) electrons. The van der Waals surface area contributed by atoms with Gasteiger partial charge in [0.05, 0.1) is 24.6 Å². The molecule has 1 aliphatic heterocycles. The number of hydrogen-bond acceptors (Lipinski definition) is 5. The molecule has 1 fully saturated rings. The smallest absolute Gasteiger partial charge is 0.253 e. The number of nitrogens with one attached hydrogen (secondary N) is 2. The summed E-state index contributed by atoms with van der Waals surface area (Å²) in [6.45, 7) is -0.449. The van der Waals surface area contributed by atoms with Crippen LogP contribution in [0.15, 0.2) is 23.0 Å². The number of pyridine rings is 1. The molecule has 10 heteroatoms. The first-order chi connectivity index (χ1) is 13.8. The Kier molecular flexibility index (Phi) is 5.64. The number of piperidine rings is 1. The van der Waals surface area contributed by atoms with E-state index >= 15 is 0 Å². The molecule has 2 N–H and O–H groups in total. The van der Waals surface area contributed by atoms with E-state index in [4.69, 9.17) is 5.26 Å². The van der Waals surface area contributed by atoms with Crippen LogP contribution in [0.4, 0.5) is 8.78 Å². The van der Waals surface area contributed by atoms with Crippen molar-refractivity contribution in [3.63, 3.8) is 0 Å². The van der Waals surface area contributed by atoms with Crippen molar-refractivity contribution >= 4 is 16.8 Å². The van der Waals surface area contributed by atoms with Crippen molar-refractivity contribution < 1.29 is 18.3 Å². The van der Waals surface area contributed by atoms with Gasteiger partial charge in [-0.05, 0) is 18.2 Å². The molecule has 1 amide bonds. The monoisotopic (exact) mass is 400 g/mol. The van der Waals surface area contributed by atoms with Gasteiger partial charge in [0.2, 0.25) is 18.5 Å². The van der Waals surface area contributed by atoms with Gasteiger partial charge in [0.1, 0.15) is 17.8 Å². The van der Waals surface area contributed by atoms with Crippen molar-refractivity contribution in [3.05, 3.63) is 50.4 Å². The minimum absolute atomic E-state index is 0.0930. The van der Waals surface area contributed by atoms with Crippen LogP contribution >= 0.6 is 0 Å². The van der Waals surface area contributed by atoms with Gasteiger partial charge >= 0.3 is 0 Å². The Balaban J connectivity index is 1.76. The van der Waals surface area contributed by atoms with Crippen LogP contribution in [-0.2, 0) is 11.2 Å². The highest BCUT2D eigenvalue weighted by Crippen LogP contribution is 2.22. The van der Waals surface area contributed by atoms with Crippen LogP contribution in [0.2, 0.25) is 0 Å². The fourth-order valence-corrected chi connectivity index (χ4v) is 3.40. The molecule has 2 aromatic rings. The Hall–Kier alpha value is -3.66. The van der Waals surface area contributed by atoms with Crippen molar-refractivity contribution in [2.75, 3.05) is 13.1 Å². The summed E-state index contributed by atoms with van der Waals surface area (Å²) < 4.78 is 28.1. The van der Waals surface area contributed by atoms with Crippen molar-refractivity contribution in [2.45, 2.75) is 25.1 Å². The lowest BCUT2D eigenvalue weighted by Gasteiger charge is -2.21. The van der Waals surface area contributed by atoms with Gasteiger partial charge in [0.15, 0.2) is 6.17 Å². The summed E-state index contributed by atoms with van der Waals surface area (Å²) in [6, 6.07) is 6.08. The molecule has 29 heavy (non-hydrogen) atoms. The van der Waals surface area contributed by atoms with E-state index in [9.17, 15) is 28.5 Å². The van der Waals surface area contributed by atoms with Gasteiger partial charge in [0.25, 0.3) is 5.56 Å². The number of fused-ring (bicyclic) bond motifs is 1. The number of benzene rings is 1. The summed E-state index contributed by atoms with van der Waals surface area (Å²) in [5.41, 5.74) is -0.679. The standard InChI is InChI=1S/C19H15F2N5O3/c20-11-1-2-16-12(4-11)14(7-23)13(19(28)25-16)5-18(27)24-8-17-15(21)3-10(6-22)9-26(17)29/h1-2,4,10,15,17H,3,5,8-9H2,(H-,24,25,27,28)/p+1. The molecule has 1 aromatic heterocycles. The molecule has 0 spiro atoms. The van der Waals surface area contributed by atoms with Gasteiger partial charge in [-0.1, -0.05) is 0 Å². The van der Waals surface area contributed by atoms with Gasteiger partial charge in [-0.2, -0.15) is 10.5 Å². The topological polar surface area (TPSA) is 130 Å². The minimum Gasteiger partial charge on any atom is -0.349 e. The number of nitroso groups, excluding NO2 is 1. The maximum atomic E-state index is 14.1. The van der Waals surface area contributed by atoms with Gasteiger partial charge in [0, 0.05) is 32.6 Å². The lowest BCUT2D eigenvalue weighted by atomic mass is 9.94. The first-order valence-corrected chi connectivity index (χ1v) is 8.82. The zero-order valence-corrected chi connectivity index (χ0v) is 15.1. The van der Waals surface area contributed by atoms with Crippen molar-refractivity contribution in [1.82, 2.24) is 10.3 Å². The number of alkyl halides is 1. The molecular formula is C19H16F2N5O3+. The van der Waals surface area contributed by atoms with Gasteiger partial charge in [-0.15, -0.1) is 0 Å². The highest BCUT2D eigenvalue weighted by Gasteiger charge is 2.43. The highest BCUT2D eigenvalue weighted by molar-refractivity contribution is 5.88. The summed E-state index contributed by atoms with van der Waals surface area (Å²) in [5.74, 6) is -2.00. The Morgan fingerprint density at radius 2 is 2.14 bits per heavy atom. The third kappa shape index (κ3) is 4.11. The van der Waals surface area contributed by atoms with Gasteiger partial charge < -0.3 is 10.3 Å². The third-order valence-corrected chi connectivity index (χ3v) is 4.91. The van der Waals surface area contributed by atoms with Crippen molar-refractivity contribution in [2.24, 2.45) is 5.92 Å². The average molecular weight is 400 g/mol. The fourth-order valence-electron chi connectivity index (χ4n) is 3.40. The predicted molar refractivity (Wildman–Crippen MR) is 96.9 cm³/mol. The predicted octanol–water partition coefficient (Wildman–Crippen LogP) is 1.23. The highest BCUT2D eigenvalue weighted by atomic mass is 19.1.